The first kappa shape index (κ1) is 43.7. The van der Waals surface area contributed by atoms with Gasteiger partial charge in [0, 0.05) is 55.3 Å². The molecule has 0 unspecified atom stereocenters. The Labute approximate surface area is 382 Å². The molecular weight excluding hydrogens is 769 g/mol. The minimum absolute atomic E-state index is 0.0559. The highest BCUT2D eigenvalue weighted by Crippen LogP contribution is 2.42. The van der Waals surface area contributed by atoms with Gasteiger partial charge in [0.15, 0.2) is 0 Å². The zero-order valence-electron chi connectivity index (χ0n) is 39.7. The van der Waals surface area contributed by atoms with E-state index in [0.717, 1.165) is 76.8 Å². The van der Waals surface area contributed by atoms with Crippen LogP contribution < -0.4 is 0 Å². The summed E-state index contributed by atoms with van der Waals surface area (Å²) < 4.78 is 0. The van der Waals surface area contributed by atoms with Crippen LogP contribution in [-0.2, 0) is 21.7 Å². The van der Waals surface area contributed by atoms with Gasteiger partial charge in [-0.05, 0) is 114 Å². The Balaban J connectivity index is 1.42. The fourth-order valence-corrected chi connectivity index (χ4v) is 8.29. The Hall–Kier alpha value is -6.96. The van der Waals surface area contributed by atoms with Crippen molar-refractivity contribution in [3.8, 4) is 47.4 Å². The smallest absolute Gasteiger partial charge is 0.0490 e. The molecular formula is C64H58. The summed E-state index contributed by atoms with van der Waals surface area (Å²) in [4.78, 5) is 0. The van der Waals surface area contributed by atoms with Crippen LogP contribution in [0, 0.1) is 47.4 Å². The molecule has 0 N–H and O–H groups in total. The average Bonchev–Trinajstić information content (AvgIpc) is 3.25. The molecule has 0 aromatic heterocycles. The predicted molar refractivity (Wildman–Crippen MR) is 275 cm³/mol. The van der Waals surface area contributed by atoms with Crippen molar-refractivity contribution in [3.63, 3.8) is 0 Å². The van der Waals surface area contributed by atoms with Crippen LogP contribution in [0.1, 0.15) is 150 Å². The van der Waals surface area contributed by atoms with Gasteiger partial charge >= 0.3 is 0 Å². The van der Waals surface area contributed by atoms with Gasteiger partial charge in [-0.2, -0.15) is 0 Å². The summed E-state index contributed by atoms with van der Waals surface area (Å²) in [5, 5.41) is 6.50. The molecule has 64 heavy (non-hydrogen) atoms. The molecule has 0 aliphatic heterocycles. The predicted octanol–water partition coefficient (Wildman–Crippen LogP) is 15.4. The fraction of sp³-hybridized carbons (Fsp3) is 0.250. The first-order valence-electron chi connectivity index (χ1n) is 22.5. The summed E-state index contributed by atoms with van der Waals surface area (Å²) in [6, 6.07) is 47.7. The molecule has 0 heteroatoms. The van der Waals surface area contributed by atoms with Crippen molar-refractivity contribution in [2.75, 3.05) is 0 Å². The standard InChI is InChI=1S/C64H58/c1-61(2,3)47-31-19-43(20-32-47)27-39-51-52(40-28-44-21-33-48(34-22-44)62(4,5)6)56-16-14-18-58-54(42-30-46-25-37-50(38-26-46)64(10,11)12)53(57-17-13-15-55(51)59(57)60(56)58)41-29-45-23-35-49(36-24-45)63(7,8)9/h13-26,31-38H,1-12H3. The molecule has 0 fully saturated rings. The third kappa shape index (κ3) is 9.08. The van der Waals surface area contributed by atoms with E-state index in [1.165, 1.54) is 22.3 Å². The van der Waals surface area contributed by atoms with Crippen molar-refractivity contribution in [2.45, 2.75) is 105 Å². The molecule has 0 saturated heterocycles. The molecule has 0 heterocycles. The summed E-state index contributed by atoms with van der Waals surface area (Å²) in [5.41, 5.74) is 12.9. The van der Waals surface area contributed by atoms with Gasteiger partial charge in [-0.3, -0.25) is 0 Å². The Morgan fingerprint density at radius 1 is 0.234 bits per heavy atom. The Morgan fingerprint density at radius 2 is 0.422 bits per heavy atom. The van der Waals surface area contributed by atoms with Gasteiger partial charge in [-0.25, -0.2) is 0 Å². The lowest BCUT2D eigenvalue weighted by molar-refractivity contribution is 0.590. The number of hydrogen-bond donors (Lipinski definition) is 0. The van der Waals surface area contributed by atoms with Gasteiger partial charge in [0.1, 0.15) is 0 Å². The van der Waals surface area contributed by atoms with E-state index in [0.29, 0.717) is 0 Å². The number of rotatable bonds is 0. The quantitative estimate of drug-likeness (QED) is 0.106. The molecule has 0 saturated carbocycles. The maximum absolute atomic E-state index is 3.69. The molecule has 8 rings (SSSR count). The highest BCUT2D eigenvalue weighted by atomic mass is 14.2. The van der Waals surface area contributed by atoms with Crippen molar-refractivity contribution in [1.29, 1.82) is 0 Å². The minimum atomic E-state index is 0.0559. The normalized spacial score (nSPS) is 11.9. The molecule has 0 nitrogen and oxygen atoms in total. The lowest BCUT2D eigenvalue weighted by Gasteiger charge is -2.19. The van der Waals surface area contributed by atoms with E-state index in [2.05, 4.69) is 264 Å². The van der Waals surface area contributed by atoms with Gasteiger partial charge in [0.2, 0.25) is 0 Å². The van der Waals surface area contributed by atoms with Crippen molar-refractivity contribution in [1.82, 2.24) is 0 Å². The van der Waals surface area contributed by atoms with Crippen LogP contribution in [-0.4, -0.2) is 0 Å². The maximum Gasteiger partial charge on any atom is 0.0490 e. The van der Waals surface area contributed by atoms with Gasteiger partial charge in [-0.1, -0.05) is 215 Å². The molecule has 8 aromatic carbocycles. The Morgan fingerprint density at radius 3 is 0.594 bits per heavy atom. The minimum Gasteiger partial charge on any atom is -0.0616 e. The van der Waals surface area contributed by atoms with E-state index in [9.17, 15) is 0 Å². The van der Waals surface area contributed by atoms with Crippen LogP contribution in [0.25, 0.3) is 32.3 Å². The zero-order valence-corrected chi connectivity index (χ0v) is 39.7. The van der Waals surface area contributed by atoms with Crippen LogP contribution in [0.4, 0.5) is 0 Å². The average molecular weight is 827 g/mol. The topological polar surface area (TPSA) is 0 Å². The van der Waals surface area contributed by atoms with E-state index in [1.807, 2.05) is 0 Å². The molecule has 0 atom stereocenters. The Bertz CT molecular complexity index is 2850. The summed E-state index contributed by atoms with van der Waals surface area (Å²) in [6.45, 7) is 26.9. The van der Waals surface area contributed by atoms with Crippen LogP contribution in [0.2, 0.25) is 0 Å². The third-order valence-corrected chi connectivity index (χ3v) is 12.3. The van der Waals surface area contributed by atoms with Crippen molar-refractivity contribution in [2.24, 2.45) is 0 Å². The highest BCUT2D eigenvalue weighted by molar-refractivity contribution is 6.28. The van der Waals surface area contributed by atoms with E-state index < -0.39 is 0 Å². The molecule has 0 aliphatic rings. The molecule has 0 spiro atoms. The molecule has 8 aromatic rings. The largest absolute Gasteiger partial charge is 0.0616 e. The molecule has 314 valence electrons. The van der Waals surface area contributed by atoms with Crippen molar-refractivity contribution in [3.05, 3.63) is 200 Å². The summed E-state index contributed by atoms with van der Waals surface area (Å²) in [7, 11) is 0. The first-order valence-corrected chi connectivity index (χ1v) is 22.5. The third-order valence-electron chi connectivity index (χ3n) is 12.3. The molecule has 0 amide bonds. The summed E-state index contributed by atoms with van der Waals surface area (Å²) in [5.74, 6) is 29.0. The monoisotopic (exact) mass is 826 g/mol. The van der Waals surface area contributed by atoms with Crippen LogP contribution in [0.5, 0.6) is 0 Å². The first-order chi connectivity index (χ1) is 30.3. The molecule has 0 radical (unpaired) electrons. The zero-order chi connectivity index (χ0) is 45.6. The summed E-state index contributed by atoms with van der Waals surface area (Å²) >= 11 is 0. The van der Waals surface area contributed by atoms with Crippen LogP contribution in [0.15, 0.2) is 133 Å². The van der Waals surface area contributed by atoms with Gasteiger partial charge < -0.3 is 0 Å². The SMILES string of the molecule is CC(C)(C)c1ccc(C#Cc2c(C#Cc3ccc(C(C)(C)C)cc3)c3cccc4c(C#Cc5ccc(C(C)(C)C)cc5)c(C#Cc5ccc(C(C)(C)C)cc5)c5cccc2c5c34)cc1. The van der Waals surface area contributed by atoms with Gasteiger partial charge in [0.05, 0.1) is 0 Å². The Kier molecular flexibility index (Phi) is 11.3. The molecule has 0 aliphatic carbocycles. The van der Waals surface area contributed by atoms with E-state index in [1.54, 1.807) is 0 Å². The van der Waals surface area contributed by atoms with E-state index >= 15 is 0 Å². The maximum atomic E-state index is 3.69. The highest BCUT2D eigenvalue weighted by Gasteiger charge is 2.22. The molecule has 0 bridgehead atoms. The lowest BCUT2D eigenvalue weighted by atomic mass is 9.83. The van der Waals surface area contributed by atoms with Crippen molar-refractivity contribution >= 4 is 32.3 Å². The second-order valence-electron chi connectivity index (χ2n) is 21.3. The fourth-order valence-electron chi connectivity index (χ4n) is 8.29. The van der Waals surface area contributed by atoms with Crippen molar-refractivity contribution < 1.29 is 0 Å². The van der Waals surface area contributed by atoms with Crippen LogP contribution in [0.3, 0.4) is 0 Å². The van der Waals surface area contributed by atoms with Gasteiger partial charge in [-0.15, -0.1) is 0 Å². The number of benzene rings is 8. The number of hydrogen-bond acceptors (Lipinski definition) is 0. The second-order valence-corrected chi connectivity index (χ2v) is 21.3. The van der Waals surface area contributed by atoms with Gasteiger partial charge in [0.25, 0.3) is 0 Å². The lowest BCUT2D eigenvalue weighted by Crippen LogP contribution is -2.10. The summed E-state index contributed by atoms with van der Waals surface area (Å²) in [6.07, 6.45) is 0. The van der Waals surface area contributed by atoms with E-state index in [-0.39, 0.29) is 21.7 Å². The van der Waals surface area contributed by atoms with Crippen LogP contribution >= 0.6 is 0 Å². The second kappa shape index (κ2) is 16.6. The van der Waals surface area contributed by atoms with E-state index in [4.69, 9.17) is 0 Å².